The smallest absolute Gasteiger partial charge is 0.243 e. The summed E-state index contributed by atoms with van der Waals surface area (Å²) in [5, 5.41) is 3.09. The fraction of sp³-hybridized carbons (Fsp3) is 0.600. The van der Waals surface area contributed by atoms with Crippen LogP contribution in [0, 0.1) is 0 Å². The summed E-state index contributed by atoms with van der Waals surface area (Å²) in [6.45, 7) is 4.57. The number of piperidine rings is 1. The van der Waals surface area contributed by atoms with Crippen molar-refractivity contribution in [2.75, 3.05) is 13.7 Å². The molecule has 138 valence electrons. The third kappa shape index (κ3) is 5.48. The molecule has 5 nitrogen and oxygen atoms in total. The Morgan fingerprint density at radius 3 is 2.64 bits per heavy atom. The molecule has 0 spiro atoms. The van der Waals surface area contributed by atoms with Crippen molar-refractivity contribution in [1.29, 1.82) is 0 Å². The molecule has 25 heavy (non-hydrogen) atoms. The van der Waals surface area contributed by atoms with E-state index >= 15 is 0 Å². The molecule has 1 N–H and O–H groups in total. The van der Waals surface area contributed by atoms with Crippen LogP contribution in [0.5, 0.6) is 5.75 Å². The van der Waals surface area contributed by atoms with Crippen molar-refractivity contribution < 1.29 is 14.3 Å². The molecule has 0 unspecified atom stereocenters. The van der Waals surface area contributed by atoms with Gasteiger partial charge in [0, 0.05) is 19.0 Å². The second-order valence-corrected chi connectivity index (χ2v) is 6.75. The largest absolute Gasteiger partial charge is 0.497 e. The van der Waals surface area contributed by atoms with Crippen LogP contribution in [0.15, 0.2) is 24.3 Å². The van der Waals surface area contributed by atoms with E-state index < -0.39 is 0 Å². The van der Waals surface area contributed by atoms with Gasteiger partial charge in [-0.15, -0.1) is 0 Å². The van der Waals surface area contributed by atoms with Gasteiger partial charge in [0.05, 0.1) is 7.11 Å². The minimum atomic E-state index is -0.301. The molecule has 1 heterocycles. The fourth-order valence-electron chi connectivity index (χ4n) is 3.29. The molecule has 1 aromatic rings. The highest BCUT2D eigenvalue weighted by atomic mass is 16.5. The number of ether oxygens (including phenoxy) is 1. The number of hydrogen-bond acceptors (Lipinski definition) is 3. The number of aryl methyl sites for hydroxylation is 1. The molecule has 2 rings (SSSR count). The minimum Gasteiger partial charge on any atom is -0.497 e. The van der Waals surface area contributed by atoms with E-state index in [-0.39, 0.29) is 23.9 Å². The van der Waals surface area contributed by atoms with E-state index in [2.05, 4.69) is 17.4 Å². The molecule has 0 saturated carbocycles. The van der Waals surface area contributed by atoms with Crippen LogP contribution < -0.4 is 10.1 Å². The van der Waals surface area contributed by atoms with Gasteiger partial charge in [0.25, 0.3) is 0 Å². The van der Waals surface area contributed by atoms with Crippen LogP contribution in [-0.2, 0) is 16.0 Å². The average molecular weight is 346 g/mol. The van der Waals surface area contributed by atoms with Gasteiger partial charge in [-0.1, -0.05) is 19.1 Å². The summed E-state index contributed by atoms with van der Waals surface area (Å²) < 4.78 is 5.16. The molecule has 0 radical (unpaired) electrons. The number of nitrogens with zero attached hydrogens (tertiary/aromatic N) is 1. The van der Waals surface area contributed by atoms with E-state index in [0.717, 1.165) is 37.9 Å². The highest BCUT2D eigenvalue weighted by Crippen LogP contribution is 2.19. The molecule has 0 aromatic heterocycles. The predicted molar refractivity (Wildman–Crippen MR) is 98.6 cm³/mol. The Morgan fingerprint density at radius 2 is 2.00 bits per heavy atom. The Hall–Kier alpha value is -2.04. The van der Waals surface area contributed by atoms with Gasteiger partial charge >= 0.3 is 0 Å². The second kappa shape index (κ2) is 9.44. The Morgan fingerprint density at radius 1 is 1.28 bits per heavy atom. The summed E-state index contributed by atoms with van der Waals surface area (Å²) in [7, 11) is 1.66. The van der Waals surface area contributed by atoms with Crippen molar-refractivity contribution in [3.63, 3.8) is 0 Å². The van der Waals surface area contributed by atoms with Gasteiger partial charge in [-0.2, -0.15) is 0 Å². The molecular weight excluding hydrogens is 316 g/mol. The molecule has 1 aromatic carbocycles. The Kier molecular flexibility index (Phi) is 7.29. The number of rotatable bonds is 7. The lowest BCUT2D eigenvalue weighted by Crippen LogP contribution is -2.53. The van der Waals surface area contributed by atoms with Crippen molar-refractivity contribution in [3.8, 4) is 5.75 Å². The van der Waals surface area contributed by atoms with Crippen molar-refractivity contribution in [2.45, 2.75) is 64.5 Å². The van der Waals surface area contributed by atoms with Gasteiger partial charge < -0.3 is 15.0 Å². The number of likely N-dealkylation sites (tertiary alicyclic amines) is 1. The second-order valence-electron chi connectivity index (χ2n) is 6.75. The van der Waals surface area contributed by atoms with E-state index in [1.54, 1.807) is 12.0 Å². The van der Waals surface area contributed by atoms with Crippen molar-refractivity contribution in [1.82, 2.24) is 10.2 Å². The first-order valence-electron chi connectivity index (χ1n) is 9.28. The Balaban J connectivity index is 1.84. The topological polar surface area (TPSA) is 58.6 Å². The van der Waals surface area contributed by atoms with E-state index in [1.165, 1.54) is 5.56 Å². The summed E-state index contributed by atoms with van der Waals surface area (Å²) in [6, 6.07) is 7.79. The molecule has 5 heteroatoms. The van der Waals surface area contributed by atoms with Crippen LogP contribution >= 0.6 is 0 Å². The summed E-state index contributed by atoms with van der Waals surface area (Å²) >= 11 is 0. The van der Waals surface area contributed by atoms with Crippen LogP contribution in [0.2, 0.25) is 0 Å². The zero-order valence-corrected chi connectivity index (χ0v) is 15.6. The first-order chi connectivity index (χ1) is 12.0. The van der Waals surface area contributed by atoms with Gasteiger partial charge in [-0.25, -0.2) is 0 Å². The maximum Gasteiger partial charge on any atom is 0.243 e. The van der Waals surface area contributed by atoms with Crippen molar-refractivity contribution in [3.05, 3.63) is 29.8 Å². The van der Waals surface area contributed by atoms with E-state index in [0.29, 0.717) is 13.0 Å². The number of methoxy groups -OCH3 is 1. The summed E-state index contributed by atoms with van der Waals surface area (Å²) in [6.07, 6.45) is 4.98. The van der Waals surface area contributed by atoms with E-state index in [4.69, 9.17) is 4.74 Å². The highest BCUT2D eigenvalue weighted by Gasteiger charge is 2.31. The Labute approximate surface area is 150 Å². The number of benzene rings is 1. The van der Waals surface area contributed by atoms with Crippen molar-refractivity contribution >= 4 is 11.8 Å². The molecule has 0 aliphatic carbocycles. The number of hydrogen-bond donors (Lipinski definition) is 1. The molecule has 2 amide bonds. The Bertz CT molecular complexity index is 571. The average Bonchev–Trinajstić information content (AvgIpc) is 2.66. The predicted octanol–water partition coefficient (Wildman–Crippen LogP) is 2.92. The molecule has 1 fully saturated rings. The maximum atomic E-state index is 12.6. The molecule has 1 aliphatic heterocycles. The molecular formula is C20H30N2O3. The lowest BCUT2D eigenvalue weighted by molar-refractivity contribution is -0.142. The first-order valence-corrected chi connectivity index (χ1v) is 9.28. The maximum absolute atomic E-state index is 12.6. The van der Waals surface area contributed by atoms with Gasteiger partial charge in [0.1, 0.15) is 11.8 Å². The van der Waals surface area contributed by atoms with Gasteiger partial charge in [0.15, 0.2) is 0 Å². The van der Waals surface area contributed by atoms with Crippen LogP contribution in [0.1, 0.15) is 51.5 Å². The fourth-order valence-corrected chi connectivity index (χ4v) is 3.29. The zero-order valence-electron chi connectivity index (χ0n) is 15.6. The normalized spacial score (nSPS) is 18.5. The molecule has 1 aliphatic rings. The molecule has 1 saturated heterocycles. The third-order valence-electron chi connectivity index (χ3n) is 4.84. The molecule has 2 atom stereocenters. The lowest BCUT2D eigenvalue weighted by Gasteiger charge is -2.35. The van der Waals surface area contributed by atoms with Gasteiger partial charge in [-0.05, 0) is 56.7 Å². The zero-order chi connectivity index (χ0) is 18.2. The highest BCUT2D eigenvalue weighted by molar-refractivity contribution is 5.87. The third-order valence-corrected chi connectivity index (χ3v) is 4.84. The quantitative estimate of drug-likeness (QED) is 0.826. The van der Waals surface area contributed by atoms with Crippen molar-refractivity contribution in [2.24, 2.45) is 0 Å². The minimum absolute atomic E-state index is 0.0104. The van der Waals surface area contributed by atoms with Crippen LogP contribution in [-0.4, -0.2) is 42.5 Å². The van der Waals surface area contributed by atoms with E-state index in [1.807, 2.05) is 26.0 Å². The standard InChI is InChI=1S/C20H30N2O3/c1-4-19(23)22-14-6-5-7-18(22)20(24)21-15(2)8-9-16-10-12-17(25-3)13-11-16/h10-13,15,18H,4-9,14H2,1-3H3,(H,21,24)/t15-,18+/m1/s1. The van der Waals surface area contributed by atoms with E-state index in [9.17, 15) is 9.59 Å². The molecule has 0 bridgehead atoms. The number of nitrogens with one attached hydrogen (secondary N) is 1. The van der Waals surface area contributed by atoms with Gasteiger partial charge in [0.2, 0.25) is 11.8 Å². The van der Waals surface area contributed by atoms with Crippen LogP contribution in [0.25, 0.3) is 0 Å². The summed E-state index contributed by atoms with van der Waals surface area (Å²) in [5.41, 5.74) is 1.22. The number of carbonyl (C=O) groups excluding carboxylic acids is 2. The summed E-state index contributed by atoms with van der Waals surface area (Å²) in [5.74, 6) is 0.914. The van der Waals surface area contributed by atoms with Crippen LogP contribution in [0.3, 0.4) is 0 Å². The monoisotopic (exact) mass is 346 g/mol. The van der Waals surface area contributed by atoms with Gasteiger partial charge in [-0.3, -0.25) is 9.59 Å². The SMILES string of the molecule is CCC(=O)N1CCCC[C@H]1C(=O)N[C@H](C)CCc1ccc(OC)cc1. The first kappa shape index (κ1) is 19.3. The number of amides is 2. The lowest BCUT2D eigenvalue weighted by atomic mass is 10.00. The van der Waals surface area contributed by atoms with Crippen LogP contribution in [0.4, 0.5) is 0 Å². The summed E-state index contributed by atoms with van der Waals surface area (Å²) in [4.78, 5) is 26.4. The number of carbonyl (C=O) groups is 2.